The summed E-state index contributed by atoms with van der Waals surface area (Å²) in [7, 11) is 0. The largest absolute Gasteiger partial charge is 0.0984 e. The Morgan fingerprint density at radius 1 is 1.06 bits per heavy atom. The van der Waals surface area contributed by atoms with E-state index in [1.54, 1.807) is 0 Å². The van der Waals surface area contributed by atoms with Crippen LogP contribution in [0.5, 0.6) is 0 Å². The topological polar surface area (TPSA) is 0 Å². The van der Waals surface area contributed by atoms with Crippen molar-refractivity contribution in [3.05, 3.63) is 64.7 Å². The molecule has 0 aliphatic heterocycles. The molecule has 0 atom stereocenters. The van der Waals surface area contributed by atoms with Crippen molar-refractivity contribution >= 4 is 17.7 Å². The average Bonchev–Trinajstić information content (AvgIpc) is 2.69. The molecule has 0 heterocycles. The highest BCUT2D eigenvalue weighted by Gasteiger charge is 2.20. The second kappa shape index (κ2) is 3.50. The summed E-state index contributed by atoms with van der Waals surface area (Å²) in [6, 6.07) is 12.7. The van der Waals surface area contributed by atoms with Gasteiger partial charge in [0.2, 0.25) is 0 Å². The van der Waals surface area contributed by atoms with Gasteiger partial charge in [-0.15, -0.1) is 0 Å². The molecular formula is C15H11Cl. The number of rotatable bonds is 1. The van der Waals surface area contributed by atoms with Crippen molar-refractivity contribution in [3.63, 3.8) is 0 Å². The summed E-state index contributed by atoms with van der Waals surface area (Å²) in [6.07, 6.45) is 2.75. The molecule has 0 bridgehead atoms. The Labute approximate surface area is 100 Å². The first-order valence-corrected chi connectivity index (χ1v) is 5.71. The van der Waals surface area contributed by atoms with Crippen LogP contribution in [0.1, 0.15) is 16.7 Å². The third kappa shape index (κ3) is 1.23. The van der Waals surface area contributed by atoms with Gasteiger partial charge in [0.15, 0.2) is 0 Å². The summed E-state index contributed by atoms with van der Waals surface area (Å²) in [6.45, 7) is 3.78. The van der Waals surface area contributed by atoms with Gasteiger partial charge < -0.3 is 0 Å². The van der Waals surface area contributed by atoms with Crippen LogP contribution in [0, 0.1) is 0 Å². The van der Waals surface area contributed by atoms with Crippen LogP contribution in [0.3, 0.4) is 0 Å². The third-order valence-corrected chi connectivity index (χ3v) is 3.61. The summed E-state index contributed by atoms with van der Waals surface area (Å²) in [5.41, 5.74) is 6.20. The van der Waals surface area contributed by atoms with Crippen molar-refractivity contribution in [1.82, 2.24) is 0 Å². The average molecular weight is 227 g/mol. The smallest absolute Gasteiger partial charge is 0.0519 e. The van der Waals surface area contributed by atoms with Gasteiger partial charge in [-0.05, 0) is 27.8 Å². The maximum Gasteiger partial charge on any atom is 0.0519 e. The quantitative estimate of drug-likeness (QED) is 0.571. The zero-order valence-corrected chi connectivity index (χ0v) is 9.59. The second-order valence-electron chi connectivity index (χ2n) is 4.03. The normalized spacial score (nSPS) is 12.1. The molecule has 2 aromatic carbocycles. The van der Waals surface area contributed by atoms with E-state index in [2.05, 4.69) is 36.9 Å². The minimum atomic E-state index is 0.851. The molecule has 0 unspecified atom stereocenters. The first-order chi connectivity index (χ1) is 7.81. The van der Waals surface area contributed by atoms with E-state index in [1.807, 2.05) is 12.1 Å². The van der Waals surface area contributed by atoms with Crippen molar-refractivity contribution in [2.75, 3.05) is 0 Å². The molecule has 0 N–H and O–H groups in total. The molecule has 0 radical (unpaired) electrons. The Morgan fingerprint density at radius 2 is 1.88 bits per heavy atom. The molecule has 0 fully saturated rings. The van der Waals surface area contributed by atoms with Crippen LogP contribution in [0.2, 0.25) is 5.02 Å². The summed E-state index contributed by atoms with van der Waals surface area (Å²) < 4.78 is 0. The van der Waals surface area contributed by atoms with Gasteiger partial charge in [0, 0.05) is 6.42 Å². The van der Waals surface area contributed by atoms with Gasteiger partial charge >= 0.3 is 0 Å². The number of halogens is 1. The highest BCUT2D eigenvalue weighted by Crippen LogP contribution is 2.41. The van der Waals surface area contributed by atoms with Crippen molar-refractivity contribution in [2.24, 2.45) is 0 Å². The molecule has 1 aliphatic carbocycles. The van der Waals surface area contributed by atoms with Crippen LogP contribution in [0.4, 0.5) is 0 Å². The highest BCUT2D eigenvalue weighted by atomic mass is 35.5. The fourth-order valence-corrected chi connectivity index (χ4v) is 2.66. The fourth-order valence-electron chi connectivity index (χ4n) is 2.35. The number of benzene rings is 2. The van der Waals surface area contributed by atoms with Crippen LogP contribution < -0.4 is 0 Å². The monoisotopic (exact) mass is 226 g/mol. The van der Waals surface area contributed by atoms with Gasteiger partial charge in [0.25, 0.3) is 0 Å². The van der Waals surface area contributed by atoms with Crippen LogP contribution in [-0.4, -0.2) is 0 Å². The fraction of sp³-hybridized carbons (Fsp3) is 0.0667. The summed E-state index contributed by atoms with van der Waals surface area (Å²) >= 11 is 6.37. The first kappa shape index (κ1) is 9.68. The predicted octanol–water partition coefficient (Wildman–Crippen LogP) is 4.55. The first-order valence-electron chi connectivity index (χ1n) is 5.33. The molecule has 0 spiro atoms. The van der Waals surface area contributed by atoms with Crippen molar-refractivity contribution in [2.45, 2.75) is 6.42 Å². The molecule has 0 nitrogen and oxygen atoms in total. The molecule has 1 heteroatoms. The van der Waals surface area contributed by atoms with Crippen molar-refractivity contribution < 1.29 is 0 Å². The molecule has 0 saturated carbocycles. The summed E-state index contributed by atoms with van der Waals surface area (Å²) in [5.74, 6) is 0. The minimum Gasteiger partial charge on any atom is -0.0984 e. The van der Waals surface area contributed by atoms with E-state index in [1.165, 1.54) is 22.3 Å². The molecular weight excluding hydrogens is 216 g/mol. The van der Waals surface area contributed by atoms with E-state index in [0.717, 1.165) is 17.0 Å². The van der Waals surface area contributed by atoms with E-state index in [4.69, 9.17) is 11.6 Å². The van der Waals surface area contributed by atoms with E-state index < -0.39 is 0 Å². The van der Waals surface area contributed by atoms with Crippen LogP contribution >= 0.6 is 11.6 Å². The molecule has 3 rings (SSSR count). The molecule has 1 aliphatic rings. The lowest BCUT2D eigenvalue weighted by Crippen LogP contribution is -1.85. The van der Waals surface area contributed by atoms with Crippen molar-refractivity contribution in [1.29, 1.82) is 0 Å². The zero-order valence-electron chi connectivity index (χ0n) is 8.83. The number of hydrogen-bond acceptors (Lipinski definition) is 0. The maximum absolute atomic E-state index is 6.37. The Balaban J connectivity index is 2.28. The van der Waals surface area contributed by atoms with Gasteiger partial charge in [0.1, 0.15) is 0 Å². The highest BCUT2D eigenvalue weighted by molar-refractivity contribution is 6.33. The molecule has 78 valence electrons. The van der Waals surface area contributed by atoms with Crippen LogP contribution in [0.25, 0.3) is 17.2 Å². The standard InChI is InChI=1S/C15H11Cl/c1-2-10-7-8-13-12-6-4-3-5-11(12)9-14(13)15(10)16/h2-8H,1,9H2. The van der Waals surface area contributed by atoms with E-state index in [-0.39, 0.29) is 0 Å². The molecule has 0 amide bonds. The Bertz CT molecular complexity index is 582. The van der Waals surface area contributed by atoms with Gasteiger partial charge in [-0.1, -0.05) is 60.7 Å². The van der Waals surface area contributed by atoms with E-state index in [9.17, 15) is 0 Å². The molecule has 0 saturated heterocycles. The van der Waals surface area contributed by atoms with Gasteiger partial charge in [-0.25, -0.2) is 0 Å². The van der Waals surface area contributed by atoms with Crippen LogP contribution in [0.15, 0.2) is 43.0 Å². The van der Waals surface area contributed by atoms with Crippen LogP contribution in [-0.2, 0) is 6.42 Å². The predicted molar refractivity (Wildman–Crippen MR) is 69.8 cm³/mol. The number of hydrogen-bond donors (Lipinski definition) is 0. The van der Waals surface area contributed by atoms with E-state index in [0.29, 0.717) is 0 Å². The third-order valence-electron chi connectivity index (χ3n) is 3.17. The number of fused-ring (bicyclic) bond motifs is 3. The lowest BCUT2D eigenvalue weighted by atomic mass is 10.0. The minimum absolute atomic E-state index is 0.851. The molecule has 16 heavy (non-hydrogen) atoms. The summed E-state index contributed by atoms with van der Waals surface area (Å²) in [5, 5.41) is 0.851. The molecule has 2 aromatic rings. The maximum atomic E-state index is 6.37. The SMILES string of the molecule is C=Cc1ccc2c(c1Cl)Cc1ccccc1-2. The Hall–Kier alpha value is -1.53. The zero-order chi connectivity index (χ0) is 11.1. The van der Waals surface area contributed by atoms with Gasteiger partial charge in [-0.3, -0.25) is 0 Å². The Kier molecular flexibility index (Phi) is 2.12. The second-order valence-corrected chi connectivity index (χ2v) is 4.41. The van der Waals surface area contributed by atoms with E-state index >= 15 is 0 Å². The molecule has 0 aromatic heterocycles. The lowest BCUT2D eigenvalue weighted by molar-refractivity contribution is 1.26. The summed E-state index contributed by atoms with van der Waals surface area (Å²) in [4.78, 5) is 0. The lowest BCUT2D eigenvalue weighted by Gasteiger charge is -2.05. The van der Waals surface area contributed by atoms with Crippen molar-refractivity contribution in [3.8, 4) is 11.1 Å². The van der Waals surface area contributed by atoms with Gasteiger partial charge in [0.05, 0.1) is 5.02 Å². The Morgan fingerprint density at radius 3 is 2.69 bits per heavy atom. The van der Waals surface area contributed by atoms with Gasteiger partial charge in [-0.2, -0.15) is 0 Å².